The van der Waals surface area contributed by atoms with E-state index >= 15 is 0 Å². The smallest absolute Gasteiger partial charge is 0.307 e. The van der Waals surface area contributed by atoms with Crippen molar-refractivity contribution in [1.29, 1.82) is 0 Å². The molecule has 0 amide bonds. The Morgan fingerprint density at radius 3 is 2.47 bits per heavy atom. The predicted molar refractivity (Wildman–Crippen MR) is 60.4 cm³/mol. The molecule has 0 spiro atoms. The second kappa shape index (κ2) is 7.69. The fourth-order valence-corrected chi connectivity index (χ4v) is 2.18. The number of carbonyl (C=O) groups excluding carboxylic acids is 1. The number of nitrogens with two attached hydrogens (primary N) is 1. The van der Waals surface area contributed by atoms with Gasteiger partial charge in [-0.1, -0.05) is 38.5 Å². The summed E-state index contributed by atoms with van der Waals surface area (Å²) in [6.45, 7) is 0.978. The molecule has 1 aliphatic rings. The third-order valence-corrected chi connectivity index (χ3v) is 3.11. The second-order valence-corrected chi connectivity index (χ2v) is 4.41. The van der Waals surface area contributed by atoms with E-state index in [4.69, 9.17) is 10.5 Å². The Morgan fingerprint density at radius 2 is 1.87 bits per heavy atom. The summed E-state index contributed by atoms with van der Waals surface area (Å²) in [5, 5.41) is 0. The highest BCUT2D eigenvalue weighted by molar-refractivity contribution is 5.69. The Morgan fingerprint density at radius 1 is 1.20 bits per heavy atom. The van der Waals surface area contributed by atoms with Crippen molar-refractivity contribution in [2.24, 2.45) is 11.7 Å². The molecule has 3 heteroatoms. The molecule has 0 aromatic carbocycles. The van der Waals surface area contributed by atoms with Crippen molar-refractivity contribution in [2.45, 2.75) is 51.4 Å². The van der Waals surface area contributed by atoms with Crippen LogP contribution in [0, 0.1) is 5.92 Å². The third-order valence-electron chi connectivity index (χ3n) is 3.11. The van der Waals surface area contributed by atoms with Crippen LogP contribution in [0.25, 0.3) is 0 Å². The van der Waals surface area contributed by atoms with Gasteiger partial charge in [0.25, 0.3) is 0 Å². The average Bonchev–Trinajstić information content (AvgIpc) is 2.47. The molecule has 0 atom stereocenters. The summed E-state index contributed by atoms with van der Waals surface area (Å²) in [6.07, 6.45) is 9.47. The number of hydrogen-bond donors (Lipinski definition) is 1. The molecule has 1 fully saturated rings. The van der Waals surface area contributed by atoms with Gasteiger partial charge < -0.3 is 10.5 Å². The van der Waals surface area contributed by atoms with Gasteiger partial charge in [0.1, 0.15) is 0 Å². The number of esters is 1. The molecule has 3 nitrogen and oxygen atoms in total. The van der Waals surface area contributed by atoms with Crippen molar-refractivity contribution in [1.82, 2.24) is 0 Å². The fraction of sp³-hybridized carbons (Fsp3) is 0.917. The summed E-state index contributed by atoms with van der Waals surface area (Å²) >= 11 is 0. The molecule has 1 saturated carbocycles. The quantitative estimate of drug-likeness (QED) is 0.563. The van der Waals surface area contributed by atoms with E-state index in [9.17, 15) is 4.79 Å². The minimum Gasteiger partial charge on any atom is -0.466 e. The van der Waals surface area contributed by atoms with Crippen LogP contribution in [-0.2, 0) is 9.53 Å². The molecule has 1 rings (SSSR count). The van der Waals surface area contributed by atoms with Crippen LogP contribution in [0.2, 0.25) is 0 Å². The van der Waals surface area contributed by atoms with Crippen LogP contribution in [0.5, 0.6) is 0 Å². The molecular weight excluding hydrogens is 190 g/mol. The molecule has 0 aromatic heterocycles. The minimum absolute atomic E-state index is 0.147. The van der Waals surface area contributed by atoms with Crippen LogP contribution in [0.1, 0.15) is 51.4 Å². The summed E-state index contributed by atoms with van der Waals surface area (Å²) in [4.78, 5) is 11.1. The molecule has 0 bridgehead atoms. The van der Waals surface area contributed by atoms with E-state index < -0.39 is 0 Å². The van der Waals surface area contributed by atoms with Crippen LogP contribution in [0.3, 0.4) is 0 Å². The summed E-state index contributed by atoms with van der Waals surface area (Å²) in [5.41, 5.74) is 5.26. The lowest BCUT2D eigenvalue weighted by Gasteiger charge is -2.13. The van der Waals surface area contributed by atoms with Gasteiger partial charge in [-0.3, -0.25) is 4.79 Å². The van der Waals surface area contributed by atoms with Gasteiger partial charge >= 0.3 is 5.97 Å². The van der Waals surface area contributed by atoms with Gasteiger partial charge in [0.05, 0.1) is 13.0 Å². The molecule has 1 aliphatic carbocycles. The van der Waals surface area contributed by atoms with Gasteiger partial charge in [0.2, 0.25) is 0 Å². The lowest BCUT2D eigenvalue weighted by atomic mass is 9.97. The van der Waals surface area contributed by atoms with Gasteiger partial charge in [0.15, 0.2) is 0 Å². The van der Waals surface area contributed by atoms with Crippen molar-refractivity contribution in [3.63, 3.8) is 0 Å². The van der Waals surface area contributed by atoms with E-state index in [-0.39, 0.29) is 5.97 Å². The number of carbonyl (C=O) groups is 1. The fourth-order valence-electron chi connectivity index (χ4n) is 2.18. The maximum absolute atomic E-state index is 11.1. The lowest BCUT2D eigenvalue weighted by molar-refractivity contribution is -0.143. The van der Waals surface area contributed by atoms with E-state index in [1.807, 2.05) is 0 Å². The first-order valence-electron chi connectivity index (χ1n) is 6.18. The number of ether oxygens (including phenoxy) is 1. The van der Waals surface area contributed by atoms with E-state index in [0.717, 1.165) is 12.3 Å². The first-order valence-corrected chi connectivity index (χ1v) is 6.18. The summed E-state index contributed by atoms with van der Waals surface area (Å²) in [7, 11) is 0. The summed E-state index contributed by atoms with van der Waals surface area (Å²) < 4.78 is 5.11. The standard InChI is InChI=1S/C12H23NO2/c13-9-7-12(14)15-10-8-11-5-3-1-2-4-6-11/h11H,1-10,13H2. The van der Waals surface area contributed by atoms with Gasteiger partial charge in [0, 0.05) is 6.54 Å². The zero-order valence-electron chi connectivity index (χ0n) is 9.54. The normalized spacial score (nSPS) is 18.5. The zero-order chi connectivity index (χ0) is 10.9. The number of hydrogen-bond acceptors (Lipinski definition) is 3. The maximum atomic E-state index is 11.1. The summed E-state index contributed by atoms with van der Waals surface area (Å²) in [5.74, 6) is 0.629. The van der Waals surface area contributed by atoms with Gasteiger partial charge in [-0.2, -0.15) is 0 Å². The van der Waals surface area contributed by atoms with Crippen molar-refractivity contribution >= 4 is 5.97 Å². The van der Waals surface area contributed by atoms with Crippen LogP contribution in [-0.4, -0.2) is 19.1 Å². The van der Waals surface area contributed by atoms with Gasteiger partial charge in [-0.15, -0.1) is 0 Å². The van der Waals surface area contributed by atoms with Crippen LogP contribution in [0.15, 0.2) is 0 Å². The van der Waals surface area contributed by atoms with E-state index in [2.05, 4.69) is 0 Å². The van der Waals surface area contributed by atoms with Crippen LogP contribution >= 0.6 is 0 Å². The molecule has 0 saturated heterocycles. The first-order chi connectivity index (χ1) is 7.33. The van der Waals surface area contributed by atoms with Crippen molar-refractivity contribution < 1.29 is 9.53 Å². The average molecular weight is 213 g/mol. The molecule has 0 unspecified atom stereocenters. The third kappa shape index (κ3) is 5.78. The van der Waals surface area contributed by atoms with Crippen LogP contribution < -0.4 is 5.73 Å². The first kappa shape index (κ1) is 12.5. The summed E-state index contributed by atoms with van der Waals surface area (Å²) in [6, 6.07) is 0. The Balaban J connectivity index is 2.05. The molecule has 88 valence electrons. The largest absolute Gasteiger partial charge is 0.466 e. The Bertz CT molecular complexity index is 174. The highest BCUT2D eigenvalue weighted by atomic mass is 16.5. The molecule has 0 radical (unpaired) electrons. The van der Waals surface area contributed by atoms with Crippen LogP contribution in [0.4, 0.5) is 0 Å². The Kier molecular flexibility index (Phi) is 6.41. The zero-order valence-corrected chi connectivity index (χ0v) is 9.54. The molecule has 15 heavy (non-hydrogen) atoms. The number of rotatable bonds is 5. The molecule has 0 aromatic rings. The molecular formula is C12H23NO2. The Labute approximate surface area is 92.4 Å². The Hall–Kier alpha value is -0.570. The SMILES string of the molecule is NCCC(=O)OCCC1CCCCCC1. The van der Waals surface area contributed by atoms with E-state index in [0.29, 0.717) is 19.6 Å². The highest BCUT2D eigenvalue weighted by Gasteiger charge is 2.12. The van der Waals surface area contributed by atoms with Crippen molar-refractivity contribution in [3.05, 3.63) is 0 Å². The van der Waals surface area contributed by atoms with Gasteiger partial charge in [-0.25, -0.2) is 0 Å². The van der Waals surface area contributed by atoms with E-state index in [1.165, 1.54) is 38.5 Å². The molecule has 0 aliphatic heterocycles. The second-order valence-electron chi connectivity index (χ2n) is 4.41. The van der Waals surface area contributed by atoms with Crippen molar-refractivity contribution in [3.8, 4) is 0 Å². The topological polar surface area (TPSA) is 52.3 Å². The molecule has 2 N–H and O–H groups in total. The maximum Gasteiger partial charge on any atom is 0.307 e. The lowest BCUT2D eigenvalue weighted by Crippen LogP contribution is -2.13. The predicted octanol–water partition coefficient (Wildman–Crippen LogP) is 2.24. The van der Waals surface area contributed by atoms with E-state index in [1.54, 1.807) is 0 Å². The van der Waals surface area contributed by atoms with Crippen molar-refractivity contribution in [2.75, 3.05) is 13.2 Å². The van der Waals surface area contributed by atoms with Gasteiger partial charge in [-0.05, 0) is 12.3 Å². The minimum atomic E-state index is -0.147. The highest BCUT2D eigenvalue weighted by Crippen LogP contribution is 2.25. The monoisotopic (exact) mass is 213 g/mol. The molecule has 0 heterocycles.